The number of hydrogen-bond donors (Lipinski definition) is 2. The maximum Gasteiger partial charge on any atom is 0.337 e. The molecule has 0 aliphatic rings. The van der Waals surface area contributed by atoms with Crippen LogP contribution >= 0.6 is 22.6 Å². The van der Waals surface area contributed by atoms with Gasteiger partial charge >= 0.3 is 5.97 Å². The van der Waals surface area contributed by atoms with Gasteiger partial charge in [-0.1, -0.05) is 6.07 Å². The van der Waals surface area contributed by atoms with Gasteiger partial charge in [-0.15, -0.1) is 0 Å². The van der Waals surface area contributed by atoms with Gasteiger partial charge in [0, 0.05) is 14.7 Å². The van der Waals surface area contributed by atoms with Crippen molar-refractivity contribution in [3.8, 4) is 17.2 Å². The number of rotatable bonds is 2. The summed E-state index contributed by atoms with van der Waals surface area (Å²) in [5, 5.41) is 18.3. The van der Waals surface area contributed by atoms with Gasteiger partial charge in [-0.2, -0.15) is 5.26 Å². The van der Waals surface area contributed by atoms with E-state index in [1.54, 1.807) is 6.92 Å². The Balaban J connectivity index is 2.81. The van der Waals surface area contributed by atoms with E-state index in [-0.39, 0.29) is 16.8 Å². The molecule has 2 aromatic rings. The fraction of sp³-hybridized carbons (Fsp3) is 0.0667. The summed E-state index contributed by atoms with van der Waals surface area (Å²) in [5.41, 5.74) is 8.04. The molecule has 0 fully saturated rings. The Hall–Kier alpha value is -2.14. The third-order valence-corrected chi connectivity index (χ3v) is 4.22. The van der Waals surface area contributed by atoms with Crippen LogP contribution in [0.4, 0.5) is 10.1 Å². The zero-order valence-electron chi connectivity index (χ0n) is 10.9. The van der Waals surface area contributed by atoms with Crippen molar-refractivity contribution < 1.29 is 14.3 Å². The normalized spacial score (nSPS) is 10.2. The SMILES string of the molecule is Cc1cc(C(=O)O)c(N)c(I)c1-c1ccc(F)cc1C#N. The lowest BCUT2D eigenvalue weighted by molar-refractivity contribution is 0.0698. The molecule has 4 nitrogen and oxygen atoms in total. The van der Waals surface area contributed by atoms with Crippen molar-refractivity contribution in [3.63, 3.8) is 0 Å². The van der Waals surface area contributed by atoms with E-state index in [0.29, 0.717) is 20.3 Å². The van der Waals surface area contributed by atoms with E-state index in [4.69, 9.17) is 16.1 Å². The second-order valence-corrected chi connectivity index (χ2v) is 5.53. The first-order chi connectivity index (χ1) is 9.86. The van der Waals surface area contributed by atoms with Gasteiger partial charge < -0.3 is 10.8 Å². The number of nitriles is 1. The molecule has 2 rings (SSSR count). The lowest BCUT2D eigenvalue weighted by Crippen LogP contribution is -2.07. The quantitative estimate of drug-likeness (QED) is 0.601. The van der Waals surface area contributed by atoms with Gasteiger partial charge in [-0.05, 0) is 53.3 Å². The molecule has 2 aromatic carbocycles. The summed E-state index contributed by atoms with van der Waals surface area (Å²) < 4.78 is 13.8. The molecule has 106 valence electrons. The monoisotopic (exact) mass is 396 g/mol. The maximum absolute atomic E-state index is 13.2. The number of carboxylic acid groups (broad SMARTS) is 1. The maximum atomic E-state index is 13.2. The standard InChI is InChI=1S/C15H10FIN2O2/c1-7-4-11(15(20)21)14(19)13(17)12(7)10-3-2-9(16)5-8(10)6-18/h2-5H,19H2,1H3,(H,20,21). The highest BCUT2D eigenvalue weighted by Gasteiger charge is 2.19. The van der Waals surface area contributed by atoms with E-state index in [0.717, 1.165) is 6.07 Å². The van der Waals surface area contributed by atoms with Gasteiger partial charge in [0.2, 0.25) is 0 Å². The lowest BCUT2D eigenvalue weighted by atomic mass is 9.94. The van der Waals surface area contributed by atoms with Crippen LogP contribution in [0.25, 0.3) is 11.1 Å². The van der Waals surface area contributed by atoms with Gasteiger partial charge in [-0.3, -0.25) is 0 Å². The number of anilines is 1. The van der Waals surface area contributed by atoms with Crippen LogP contribution in [0, 0.1) is 27.6 Å². The summed E-state index contributed by atoms with van der Waals surface area (Å²) in [6.07, 6.45) is 0. The number of nitrogens with two attached hydrogens (primary N) is 1. The van der Waals surface area contributed by atoms with Crippen LogP contribution in [-0.4, -0.2) is 11.1 Å². The summed E-state index contributed by atoms with van der Waals surface area (Å²) in [6, 6.07) is 7.30. The zero-order chi connectivity index (χ0) is 15.7. The van der Waals surface area contributed by atoms with Gasteiger partial charge in [0.25, 0.3) is 0 Å². The summed E-state index contributed by atoms with van der Waals surface area (Å²) in [4.78, 5) is 11.2. The Bertz CT molecular complexity index is 797. The second-order valence-electron chi connectivity index (χ2n) is 4.45. The highest BCUT2D eigenvalue weighted by Crippen LogP contribution is 2.36. The molecule has 0 radical (unpaired) electrons. The molecule has 21 heavy (non-hydrogen) atoms. The minimum absolute atomic E-state index is 0.0151. The summed E-state index contributed by atoms with van der Waals surface area (Å²) in [7, 11) is 0. The fourth-order valence-electron chi connectivity index (χ4n) is 2.13. The number of aromatic carboxylic acids is 1. The third-order valence-electron chi connectivity index (χ3n) is 3.10. The Morgan fingerprint density at radius 3 is 2.67 bits per heavy atom. The molecule has 0 aromatic heterocycles. The number of halogens is 2. The van der Waals surface area contributed by atoms with E-state index < -0.39 is 11.8 Å². The molecule has 0 heterocycles. The van der Waals surface area contributed by atoms with Crippen molar-refractivity contribution in [2.75, 3.05) is 5.73 Å². The number of carbonyl (C=O) groups is 1. The molecule has 0 unspecified atom stereocenters. The predicted octanol–water partition coefficient (Wildman–Crippen LogP) is 3.56. The average molecular weight is 396 g/mol. The van der Waals surface area contributed by atoms with E-state index in [1.807, 2.05) is 28.7 Å². The first-order valence-electron chi connectivity index (χ1n) is 5.88. The summed E-state index contributed by atoms with van der Waals surface area (Å²) >= 11 is 1.94. The highest BCUT2D eigenvalue weighted by molar-refractivity contribution is 14.1. The van der Waals surface area contributed by atoms with Gasteiger partial charge in [-0.25, -0.2) is 9.18 Å². The molecule has 0 aliphatic heterocycles. The number of nitrogen functional groups attached to an aromatic ring is 1. The second kappa shape index (κ2) is 5.69. The summed E-state index contributed by atoms with van der Waals surface area (Å²) in [6.45, 7) is 1.73. The molecular weight excluding hydrogens is 386 g/mol. The smallest absolute Gasteiger partial charge is 0.337 e. The highest BCUT2D eigenvalue weighted by atomic mass is 127. The Kier molecular flexibility index (Phi) is 4.14. The molecular formula is C15H10FIN2O2. The lowest BCUT2D eigenvalue weighted by Gasteiger charge is -2.15. The number of benzene rings is 2. The molecule has 0 saturated heterocycles. The van der Waals surface area contributed by atoms with Gasteiger partial charge in [0.15, 0.2) is 0 Å². The van der Waals surface area contributed by atoms with E-state index >= 15 is 0 Å². The van der Waals surface area contributed by atoms with Crippen molar-refractivity contribution in [2.24, 2.45) is 0 Å². The summed E-state index contributed by atoms with van der Waals surface area (Å²) in [5.74, 6) is -1.61. The van der Waals surface area contributed by atoms with Crippen LogP contribution < -0.4 is 5.73 Å². The molecule has 0 spiro atoms. The van der Waals surface area contributed by atoms with Crippen LogP contribution in [0.15, 0.2) is 24.3 Å². The number of aryl methyl sites for hydroxylation is 1. The van der Waals surface area contributed by atoms with Crippen molar-refractivity contribution >= 4 is 34.2 Å². The largest absolute Gasteiger partial charge is 0.478 e. The van der Waals surface area contributed by atoms with Gasteiger partial charge in [0.1, 0.15) is 5.82 Å². The first-order valence-corrected chi connectivity index (χ1v) is 6.96. The van der Waals surface area contributed by atoms with Crippen molar-refractivity contribution in [3.05, 3.63) is 50.3 Å². The zero-order valence-corrected chi connectivity index (χ0v) is 13.1. The Morgan fingerprint density at radius 1 is 1.43 bits per heavy atom. The third kappa shape index (κ3) is 2.69. The number of nitrogens with zero attached hydrogens (tertiary/aromatic N) is 1. The van der Waals surface area contributed by atoms with E-state index in [1.165, 1.54) is 18.2 Å². The van der Waals surface area contributed by atoms with Crippen molar-refractivity contribution in [1.82, 2.24) is 0 Å². The first kappa shape index (κ1) is 15.3. The van der Waals surface area contributed by atoms with Crippen LogP contribution in [0.1, 0.15) is 21.5 Å². The average Bonchev–Trinajstić information content (AvgIpc) is 2.44. The topological polar surface area (TPSA) is 87.1 Å². The fourth-order valence-corrected chi connectivity index (χ4v) is 3.13. The minimum Gasteiger partial charge on any atom is -0.478 e. The van der Waals surface area contributed by atoms with Crippen LogP contribution in [-0.2, 0) is 0 Å². The Morgan fingerprint density at radius 2 is 2.10 bits per heavy atom. The molecule has 0 atom stereocenters. The molecule has 0 amide bonds. The van der Waals surface area contributed by atoms with Gasteiger partial charge in [0.05, 0.1) is 22.9 Å². The number of hydrogen-bond acceptors (Lipinski definition) is 3. The molecule has 0 bridgehead atoms. The molecule has 0 aliphatic carbocycles. The Labute approximate surface area is 134 Å². The number of carboxylic acids is 1. The predicted molar refractivity (Wildman–Crippen MR) is 85.4 cm³/mol. The molecule has 6 heteroatoms. The molecule has 3 N–H and O–H groups in total. The minimum atomic E-state index is -1.11. The molecule has 0 saturated carbocycles. The van der Waals surface area contributed by atoms with Crippen LogP contribution in [0.3, 0.4) is 0 Å². The van der Waals surface area contributed by atoms with Crippen molar-refractivity contribution in [2.45, 2.75) is 6.92 Å². The van der Waals surface area contributed by atoms with E-state index in [2.05, 4.69) is 0 Å². The van der Waals surface area contributed by atoms with Crippen LogP contribution in [0.5, 0.6) is 0 Å². The van der Waals surface area contributed by atoms with E-state index in [9.17, 15) is 9.18 Å². The van der Waals surface area contributed by atoms with Crippen LogP contribution in [0.2, 0.25) is 0 Å². The van der Waals surface area contributed by atoms with Crippen molar-refractivity contribution in [1.29, 1.82) is 5.26 Å².